The van der Waals surface area contributed by atoms with Crippen molar-refractivity contribution in [3.63, 3.8) is 0 Å². The lowest BCUT2D eigenvalue weighted by Gasteiger charge is -1.98. The molecule has 0 bridgehead atoms. The van der Waals surface area contributed by atoms with E-state index in [2.05, 4.69) is 34.0 Å². The lowest BCUT2D eigenvalue weighted by Crippen LogP contribution is -2.28. The first-order valence-corrected chi connectivity index (χ1v) is 6.68. The van der Waals surface area contributed by atoms with E-state index in [9.17, 15) is 0 Å². The normalized spacial score (nSPS) is 10.5. The molecule has 0 spiro atoms. The SMILES string of the molecule is CNC(=S)N/N=C\c1ccc(-c2ccccc2)s1. The Morgan fingerprint density at radius 1 is 1.22 bits per heavy atom. The number of thiocarbonyl (C=S) groups is 1. The standard InChI is InChI=1S/C13H13N3S2/c1-14-13(17)16-15-9-11-7-8-12(18-11)10-5-3-2-4-6-10/h2-9H,1H3,(H2,14,16,17)/b15-9-. The van der Waals surface area contributed by atoms with Crippen molar-refractivity contribution in [1.29, 1.82) is 0 Å². The number of nitrogens with one attached hydrogen (secondary N) is 2. The first-order chi connectivity index (χ1) is 8.79. The summed E-state index contributed by atoms with van der Waals surface area (Å²) in [4.78, 5) is 2.31. The van der Waals surface area contributed by atoms with Crippen LogP contribution in [0.3, 0.4) is 0 Å². The summed E-state index contributed by atoms with van der Waals surface area (Å²) in [7, 11) is 1.75. The van der Waals surface area contributed by atoms with Crippen molar-refractivity contribution in [2.24, 2.45) is 5.10 Å². The molecule has 0 amide bonds. The zero-order valence-electron chi connectivity index (χ0n) is 9.88. The number of thiophene rings is 1. The summed E-state index contributed by atoms with van der Waals surface area (Å²) in [6, 6.07) is 14.4. The molecule has 0 atom stereocenters. The van der Waals surface area contributed by atoms with Crippen LogP contribution >= 0.6 is 23.6 Å². The van der Waals surface area contributed by atoms with Crippen molar-refractivity contribution < 1.29 is 0 Å². The van der Waals surface area contributed by atoms with Gasteiger partial charge in [-0.25, -0.2) is 0 Å². The number of rotatable bonds is 3. The van der Waals surface area contributed by atoms with Gasteiger partial charge >= 0.3 is 0 Å². The van der Waals surface area contributed by atoms with Crippen molar-refractivity contribution in [3.05, 3.63) is 47.3 Å². The molecule has 0 aliphatic heterocycles. The maximum atomic E-state index is 4.92. The maximum absolute atomic E-state index is 4.92. The van der Waals surface area contributed by atoms with Gasteiger partial charge in [-0.3, -0.25) is 5.43 Å². The van der Waals surface area contributed by atoms with Gasteiger partial charge in [-0.2, -0.15) is 5.10 Å². The molecule has 0 aliphatic rings. The second-order valence-corrected chi connectivity index (χ2v) is 5.04. The minimum atomic E-state index is 0.506. The molecule has 0 radical (unpaired) electrons. The zero-order valence-corrected chi connectivity index (χ0v) is 11.5. The van der Waals surface area contributed by atoms with Crippen LogP contribution in [0.5, 0.6) is 0 Å². The van der Waals surface area contributed by atoms with Gasteiger partial charge in [0.05, 0.1) is 6.21 Å². The molecule has 1 aromatic heterocycles. The van der Waals surface area contributed by atoms with Gasteiger partial charge in [0, 0.05) is 16.8 Å². The summed E-state index contributed by atoms with van der Waals surface area (Å²) in [5.41, 5.74) is 3.95. The highest BCUT2D eigenvalue weighted by atomic mass is 32.1. The number of hydrogen-bond donors (Lipinski definition) is 2. The van der Waals surface area contributed by atoms with E-state index in [-0.39, 0.29) is 0 Å². The Kier molecular flexibility index (Phi) is 4.44. The summed E-state index contributed by atoms with van der Waals surface area (Å²) >= 11 is 6.61. The molecule has 0 saturated heterocycles. The molecular weight excluding hydrogens is 262 g/mol. The number of hydrazone groups is 1. The maximum Gasteiger partial charge on any atom is 0.186 e. The van der Waals surface area contributed by atoms with Gasteiger partial charge in [0.15, 0.2) is 5.11 Å². The summed E-state index contributed by atoms with van der Waals surface area (Å²) in [6.45, 7) is 0. The Hall–Kier alpha value is -1.72. The molecule has 2 rings (SSSR count). The highest BCUT2D eigenvalue weighted by Gasteiger charge is 2.00. The van der Waals surface area contributed by atoms with Crippen LogP contribution in [0.1, 0.15) is 4.88 Å². The van der Waals surface area contributed by atoms with E-state index < -0.39 is 0 Å². The second-order valence-electron chi connectivity index (χ2n) is 3.52. The Labute approximate surface area is 116 Å². The van der Waals surface area contributed by atoms with Crippen molar-refractivity contribution in [2.75, 3.05) is 7.05 Å². The van der Waals surface area contributed by atoms with Gasteiger partial charge in [0.2, 0.25) is 0 Å². The smallest absolute Gasteiger partial charge is 0.186 e. The third-order valence-electron chi connectivity index (χ3n) is 2.27. The number of hydrogen-bond acceptors (Lipinski definition) is 3. The topological polar surface area (TPSA) is 36.4 Å². The van der Waals surface area contributed by atoms with Crippen LogP contribution in [0.15, 0.2) is 47.6 Å². The van der Waals surface area contributed by atoms with Gasteiger partial charge in [0.1, 0.15) is 0 Å². The lowest BCUT2D eigenvalue weighted by atomic mass is 10.2. The van der Waals surface area contributed by atoms with Crippen molar-refractivity contribution >= 4 is 34.9 Å². The fourth-order valence-electron chi connectivity index (χ4n) is 1.39. The molecule has 3 nitrogen and oxygen atoms in total. The van der Waals surface area contributed by atoms with Crippen LogP contribution in [0.25, 0.3) is 10.4 Å². The van der Waals surface area contributed by atoms with Crippen molar-refractivity contribution in [1.82, 2.24) is 10.7 Å². The van der Waals surface area contributed by atoms with Crippen LogP contribution in [-0.4, -0.2) is 18.4 Å². The summed E-state index contributed by atoms with van der Waals surface area (Å²) in [5.74, 6) is 0. The van der Waals surface area contributed by atoms with Crippen LogP contribution < -0.4 is 10.7 Å². The Balaban J connectivity index is 2.05. The van der Waals surface area contributed by atoms with Crippen LogP contribution in [-0.2, 0) is 0 Å². The average molecular weight is 275 g/mol. The first-order valence-electron chi connectivity index (χ1n) is 5.45. The van der Waals surface area contributed by atoms with Crippen molar-refractivity contribution in [2.45, 2.75) is 0 Å². The lowest BCUT2D eigenvalue weighted by molar-refractivity contribution is 0.982. The fraction of sp³-hybridized carbons (Fsp3) is 0.0769. The van der Waals surface area contributed by atoms with Crippen LogP contribution in [0, 0.1) is 0 Å². The van der Waals surface area contributed by atoms with Crippen LogP contribution in [0.4, 0.5) is 0 Å². The quantitative estimate of drug-likeness (QED) is 0.514. The molecule has 18 heavy (non-hydrogen) atoms. The third-order valence-corrected chi connectivity index (χ3v) is 3.63. The Bertz CT molecular complexity index is 546. The zero-order chi connectivity index (χ0) is 12.8. The highest BCUT2D eigenvalue weighted by Crippen LogP contribution is 2.26. The number of benzene rings is 1. The molecule has 0 fully saturated rings. The van der Waals surface area contributed by atoms with E-state index in [1.165, 1.54) is 10.4 Å². The Morgan fingerprint density at radius 2 is 2.00 bits per heavy atom. The first kappa shape index (κ1) is 12.7. The largest absolute Gasteiger partial charge is 0.364 e. The number of nitrogens with zero attached hydrogens (tertiary/aromatic N) is 1. The second kappa shape index (κ2) is 6.28. The highest BCUT2D eigenvalue weighted by molar-refractivity contribution is 7.80. The minimum Gasteiger partial charge on any atom is -0.364 e. The van der Waals surface area contributed by atoms with E-state index >= 15 is 0 Å². The molecule has 1 aromatic carbocycles. The molecule has 5 heteroatoms. The summed E-state index contributed by atoms with van der Waals surface area (Å²) < 4.78 is 0. The minimum absolute atomic E-state index is 0.506. The molecule has 92 valence electrons. The molecule has 2 N–H and O–H groups in total. The van der Waals surface area contributed by atoms with E-state index in [1.54, 1.807) is 24.6 Å². The third kappa shape index (κ3) is 3.38. The van der Waals surface area contributed by atoms with E-state index in [0.29, 0.717) is 5.11 Å². The molecule has 1 heterocycles. The van der Waals surface area contributed by atoms with E-state index in [4.69, 9.17) is 12.2 Å². The van der Waals surface area contributed by atoms with Crippen LogP contribution in [0.2, 0.25) is 0 Å². The molecule has 0 aliphatic carbocycles. The average Bonchev–Trinajstić information content (AvgIpc) is 2.88. The van der Waals surface area contributed by atoms with Crippen molar-refractivity contribution in [3.8, 4) is 10.4 Å². The molecule has 2 aromatic rings. The van der Waals surface area contributed by atoms with Gasteiger partial charge in [-0.05, 0) is 29.9 Å². The summed E-state index contributed by atoms with van der Waals surface area (Å²) in [5, 5.41) is 7.35. The van der Waals surface area contributed by atoms with Gasteiger partial charge in [0.25, 0.3) is 0 Å². The molecular formula is C13H13N3S2. The predicted molar refractivity (Wildman–Crippen MR) is 82.1 cm³/mol. The fourth-order valence-corrected chi connectivity index (χ4v) is 2.33. The molecule has 0 saturated carbocycles. The van der Waals surface area contributed by atoms with E-state index in [1.807, 2.05) is 24.3 Å². The predicted octanol–water partition coefficient (Wildman–Crippen LogP) is 2.84. The van der Waals surface area contributed by atoms with Gasteiger partial charge < -0.3 is 5.32 Å². The molecule has 0 unspecified atom stereocenters. The van der Waals surface area contributed by atoms with Gasteiger partial charge in [-0.1, -0.05) is 30.3 Å². The monoisotopic (exact) mass is 275 g/mol. The van der Waals surface area contributed by atoms with Gasteiger partial charge in [-0.15, -0.1) is 11.3 Å². The summed E-state index contributed by atoms with van der Waals surface area (Å²) in [6.07, 6.45) is 1.76. The Morgan fingerprint density at radius 3 is 2.72 bits per heavy atom. The van der Waals surface area contributed by atoms with E-state index in [0.717, 1.165) is 4.88 Å².